The molecule has 2 aromatic rings. The largest absolute Gasteiger partial charge is 0.357 e. The van der Waals surface area contributed by atoms with Gasteiger partial charge in [-0.25, -0.2) is 4.39 Å². The average Bonchev–Trinajstić information content (AvgIpc) is 2.93. The second-order valence-electron chi connectivity index (χ2n) is 7.16. The minimum Gasteiger partial charge on any atom is -0.357 e. The van der Waals surface area contributed by atoms with Crippen LogP contribution in [0.15, 0.2) is 29.3 Å². The number of nitrogens with zero attached hydrogens (tertiary/aromatic N) is 4. The summed E-state index contributed by atoms with van der Waals surface area (Å²) < 4.78 is 15.3. The molecule has 0 spiro atoms. The quantitative estimate of drug-likeness (QED) is 0.416. The zero-order valence-corrected chi connectivity index (χ0v) is 16.8. The molecule has 1 aromatic heterocycles. The van der Waals surface area contributed by atoms with Crippen LogP contribution in [0.3, 0.4) is 0 Å². The van der Waals surface area contributed by atoms with Gasteiger partial charge in [-0.2, -0.15) is 0 Å². The zero-order chi connectivity index (χ0) is 19.6. The number of aliphatic imine (C=N–C) groups is 1. The Kier molecular flexibility index (Phi) is 7.82. The lowest BCUT2D eigenvalue weighted by atomic mass is 10.1. The summed E-state index contributed by atoms with van der Waals surface area (Å²) in [7, 11) is 0. The first-order valence-corrected chi connectivity index (χ1v) is 10.4. The topological polar surface area (TPSA) is 67.1 Å². The predicted molar refractivity (Wildman–Crippen MR) is 110 cm³/mol. The molecule has 0 fully saturated rings. The molecule has 0 radical (unpaired) electrons. The Morgan fingerprint density at radius 2 is 1.96 bits per heavy atom. The molecule has 2 heterocycles. The normalized spacial score (nSPS) is 14.4. The molecule has 3 rings (SSSR count). The summed E-state index contributed by atoms with van der Waals surface area (Å²) in [6.45, 7) is 5.43. The fraction of sp³-hybridized carbons (Fsp3) is 0.571. The number of nitrogens with one attached hydrogen (secondary N) is 2. The third-order valence-corrected chi connectivity index (χ3v) is 4.98. The molecular formula is C21H31FN6. The van der Waals surface area contributed by atoms with E-state index in [4.69, 9.17) is 0 Å². The Morgan fingerprint density at radius 1 is 1.11 bits per heavy atom. The molecule has 1 aromatic carbocycles. The van der Waals surface area contributed by atoms with Gasteiger partial charge < -0.3 is 15.2 Å². The van der Waals surface area contributed by atoms with Gasteiger partial charge in [0.25, 0.3) is 0 Å². The third-order valence-electron chi connectivity index (χ3n) is 4.98. The van der Waals surface area contributed by atoms with Crippen molar-refractivity contribution < 1.29 is 4.39 Å². The van der Waals surface area contributed by atoms with E-state index in [2.05, 4.69) is 37.3 Å². The monoisotopic (exact) mass is 386 g/mol. The van der Waals surface area contributed by atoms with Crippen LogP contribution in [-0.2, 0) is 25.8 Å². The highest BCUT2D eigenvalue weighted by molar-refractivity contribution is 5.79. The van der Waals surface area contributed by atoms with Crippen LogP contribution in [0.4, 0.5) is 4.39 Å². The number of rotatable bonds is 8. The number of aryl methyl sites for hydroxylation is 2. The molecule has 6 nitrogen and oxygen atoms in total. The van der Waals surface area contributed by atoms with Gasteiger partial charge in [-0.05, 0) is 50.3 Å². The van der Waals surface area contributed by atoms with Gasteiger partial charge >= 0.3 is 0 Å². The number of benzene rings is 1. The summed E-state index contributed by atoms with van der Waals surface area (Å²) in [5.74, 6) is 2.87. The lowest BCUT2D eigenvalue weighted by molar-refractivity contribution is 0.597. The van der Waals surface area contributed by atoms with Crippen LogP contribution < -0.4 is 10.6 Å². The van der Waals surface area contributed by atoms with Crippen molar-refractivity contribution in [2.24, 2.45) is 4.99 Å². The summed E-state index contributed by atoms with van der Waals surface area (Å²) in [5, 5.41) is 15.4. The lowest BCUT2D eigenvalue weighted by Gasteiger charge is -2.11. The molecule has 0 unspecified atom stereocenters. The number of hydrogen-bond acceptors (Lipinski definition) is 3. The van der Waals surface area contributed by atoms with Gasteiger partial charge in [-0.3, -0.25) is 4.99 Å². The van der Waals surface area contributed by atoms with Gasteiger partial charge in [0.2, 0.25) is 0 Å². The second-order valence-corrected chi connectivity index (χ2v) is 7.16. The van der Waals surface area contributed by atoms with Crippen molar-refractivity contribution >= 4 is 5.96 Å². The van der Waals surface area contributed by atoms with Crippen molar-refractivity contribution in [1.82, 2.24) is 25.4 Å². The van der Waals surface area contributed by atoms with E-state index >= 15 is 0 Å². The molecule has 0 bridgehead atoms. The molecule has 152 valence electrons. The fourth-order valence-electron chi connectivity index (χ4n) is 3.48. The smallest absolute Gasteiger partial charge is 0.191 e. The lowest BCUT2D eigenvalue weighted by Crippen LogP contribution is -2.38. The molecule has 1 aliphatic heterocycles. The van der Waals surface area contributed by atoms with Crippen LogP contribution in [0.25, 0.3) is 0 Å². The first kappa shape index (κ1) is 20.3. The molecule has 0 amide bonds. The second kappa shape index (κ2) is 10.8. The highest BCUT2D eigenvalue weighted by Gasteiger charge is 2.13. The number of aromatic nitrogens is 3. The molecule has 7 heteroatoms. The molecule has 0 saturated carbocycles. The third kappa shape index (κ3) is 6.04. The summed E-state index contributed by atoms with van der Waals surface area (Å²) in [5.41, 5.74) is 1.11. The fourth-order valence-corrected chi connectivity index (χ4v) is 3.48. The Balaban J connectivity index is 1.44. The van der Waals surface area contributed by atoms with Crippen LogP contribution in [0.5, 0.6) is 0 Å². The zero-order valence-electron chi connectivity index (χ0n) is 16.8. The molecule has 0 aliphatic carbocycles. The van der Waals surface area contributed by atoms with E-state index in [1.807, 2.05) is 12.1 Å². The van der Waals surface area contributed by atoms with Crippen LogP contribution in [0.1, 0.15) is 49.8 Å². The summed E-state index contributed by atoms with van der Waals surface area (Å²) in [6.07, 6.45) is 7.46. The van der Waals surface area contributed by atoms with E-state index in [1.54, 1.807) is 0 Å². The minimum absolute atomic E-state index is 0.198. The van der Waals surface area contributed by atoms with Gasteiger partial charge in [0.15, 0.2) is 5.96 Å². The van der Waals surface area contributed by atoms with Gasteiger partial charge in [0.1, 0.15) is 17.5 Å². The van der Waals surface area contributed by atoms with Crippen LogP contribution >= 0.6 is 0 Å². The Bertz CT molecular complexity index is 753. The first-order valence-electron chi connectivity index (χ1n) is 10.4. The van der Waals surface area contributed by atoms with Crippen molar-refractivity contribution in [3.05, 3.63) is 47.3 Å². The van der Waals surface area contributed by atoms with Gasteiger partial charge in [-0.15, -0.1) is 10.2 Å². The van der Waals surface area contributed by atoms with Gasteiger partial charge in [-0.1, -0.05) is 18.6 Å². The van der Waals surface area contributed by atoms with E-state index in [9.17, 15) is 4.39 Å². The number of hydrogen-bond donors (Lipinski definition) is 2. The summed E-state index contributed by atoms with van der Waals surface area (Å²) in [6, 6.07) is 6.64. The van der Waals surface area contributed by atoms with E-state index < -0.39 is 0 Å². The van der Waals surface area contributed by atoms with Gasteiger partial charge in [0.05, 0.1) is 0 Å². The van der Waals surface area contributed by atoms with Gasteiger partial charge in [0, 0.05) is 39.0 Å². The Labute approximate surface area is 166 Å². The number of fused-ring (bicyclic) bond motifs is 1. The van der Waals surface area contributed by atoms with Crippen molar-refractivity contribution in [2.45, 2.75) is 58.4 Å². The molecule has 0 atom stereocenters. The van der Waals surface area contributed by atoms with Crippen molar-refractivity contribution in [3.63, 3.8) is 0 Å². The summed E-state index contributed by atoms with van der Waals surface area (Å²) >= 11 is 0. The molecule has 1 aliphatic rings. The maximum Gasteiger partial charge on any atom is 0.191 e. The van der Waals surface area contributed by atoms with Crippen LogP contribution in [-0.4, -0.2) is 40.4 Å². The van der Waals surface area contributed by atoms with Crippen LogP contribution in [0.2, 0.25) is 0 Å². The van der Waals surface area contributed by atoms with Crippen LogP contribution in [0, 0.1) is 5.82 Å². The molecular weight excluding hydrogens is 355 g/mol. The van der Waals surface area contributed by atoms with Crippen molar-refractivity contribution in [2.75, 3.05) is 19.6 Å². The Morgan fingerprint density at radius 3 is 2.79 bits per heavy atom. The molecule has 28 heavy (non-hydrogen) atoms. The molecule has 0 saturated heterocycles. The van der Waals surface area contributed by atoms with E-state index in [1.165, 1.54) is 31.4 Å². The predicted octanol–water partition coefficient (Wildman–Crippen LogP) is 2.87. The van der Waals surface area contributed by atoms with Crippen molar-refractivity contribution in [1.29, 1.82) is 0 Å². The first-order chi connectivity index (χ1) is 13.8. The highest BCUT2D eigenvalue weighted by atomic mass is 19.1. The van der Waals surface area contributed by atoms with E-state index in [0.717, 1.165) is 75.0 Å². The number of halogens is 1. The average molecular weight is 387 g/mol. The Hall–Kier alpha value is -2.44. The maximum absolute atomic E-state index is 13.0. The SMILES string of the molecule is CCNC(=NCCCc1nnc2n1CCCCC2)NCCc1ccc(F)cc1. The summed E-state index contributed by atoms with van der Waals surface area (Å²) in [4.78, 5) is 4.67. The van der Waals surface area contributed by atoms with E-state index in [-0.39, 0.29) is 5.82 Å². The van der Waals surface area contributed by atoms with E-state index in [0.29, 0.717) is 0 Å². The molecule has 2 N–H and O–H groups in total. The minimum atomic E-state index is -0.198. The number of guanidine groups is 1. The van der Waals surface area contributed by atoms with Crippen molar-refractivity contribution in [3.8, 4) is 0 Å². The maximum atomic E-state index is 13.0. The highest BCUT2D eigenvalue weighted by Crippen LogP contribution is 2.15. The standard InChI is InChI=1S/C21H31FN6/c1-2-23-21(25-15-13-17-9-11-18(22)12-10-17)24-14-6-8-20-27-26-19-7-4-3-5-16-28(19)20/h9-12H,2-8,13-16H2,1H3,(H2,23,24,25).